The van der Waals surface area contributed by atoms with Crippen LogP contribution in [0.4, 0.5) is 0 Å². The van der Waals surface area contributed by atoms with E-state index in [1.807, 2.05) is 37.6 Å². The Morgan fingerprint density at radius 3 is 2.50 bits per heavy atom. The lowest BCUT2D eigenvalue weighted by atomic mass is 10.2. The molecule has 0 heterocycles. The molecule has 4 heteroatoms. The van der Waals surface area contributed by atoms with Gasteiger partial charge in [-0.2, -0.15) is 0 Å². The van der Waals surface area contributed by atoms with Gasteiger partial charge in [0.15, 0.2) is 0 Å². The second kappa shape index (κ2) is 6.97. The zero-order valence-corrected chi connectivity index (χ0v) is 12.0. The van der Waals surface area contributed by atoms with Crippen molar-refractivity contribution in [1.29, 1.82) is 0 Å². The Morgan fingerprint density at radius 2 is 2.00 bits per heavy atom. The Morgan fingerprint density at radius 1 is 1.38 bits per heavy atom. The lowest BCUT2D eigenvalue weighted by molar-refractivity contribution is 0.0795. The fraction of sp³-hybridized carbons (Fsp3) is 0.417. The molecule has 0 aromatic heterocycles. The predicted molar refractivity (Wildman–Crippen MR) is 73.6 cm³/mol. The van der Waals surface area contributed by atoms with Gasteiger partial charge in [0.25, 0.3) is 5.91 Å². The molecule has 0 spiro atoms. The number of benzene rings is 1. The Labute approximate surface area is 110 Å². The first kappa shape index (κ1) is 13.6. The van der Waals surface area contributed by atoms with Crippen LogP contribution < -0.4 is 0 Å². The van der Waals surface area contributed by atoms with Crippen molar-refractivity contribution < 1.29 is 4.79 Å². The van der Waals surface area contributed by atoms with Crippen LogP contribution >= 0.6 is 27.7 Å². The lowest BCUT2D eigenvalue weighted by Crippen LogP contribution is -2.27. The van der Waals surface area contributed by atoms with Gasteiger partial charge < -0.3 is 4.90 Å². The van der Waals surface area contributed by atoms with Crippen LogP contribution in [-0.2, 0) is 0 Å². The molecule has 88 valence electrons. The second-order valence-electron chi connectivity index (χ2n) is 3.50. The minimum Gasteiger partial charge on any atom is -0.342 e. The van der Waals surface area contributed by atoms with Crippen LogP contribution in [0.25, 0.3) is 0 Å². The van der Waals surface area contributed by atoms with E-state index in [2.05, 4.69) is 15.9 Å². The molecule has 0 radical (unpaired) electrons. The van der Waals surface area contributed by atoms with Crippen molar-refractivity contribution in [2.75, 3.05) is 25.2 Å². The molecule has 0 aliphatic heterocycles. The number of carbonyl (C=O) groups is 1. The number of nitrogens with zero attached hydrogens (tertiary/aromatic N) is 1. The summed E-state index contributed by atoms with van der Waals surface area (Å²) in [6.07, 6.45) is 3.00. The van der Waals surface area contributed by atoms with E-state index in [4.69, 9.17) is 0 Å². The Kier molecular flexibility index (Phi) is 5.91. The van der Waals surface area contributed by atoms with Crippen LogP contribution in [0.3, 0.4) is 0 Å². The van der Waals surface area contributed by atoms with E-state index in [0.717, 1.165) is 23.9 Å². The lowest BCUT2D eigenvalue weighted by Gasteiger charge is -2.16. The summed E-state index contributed by atoms with van der Waals surface area (Å²) in [7, 11) is 1.84. The van der Waals surface area contributed by atoms with Crippen LogP contribution in [0.1, 0.15) is 16.8 Å². The van der Waals surface area contributed by atoms with Crippen molar-refractivity contribution >= 4 is 33.6 Å². The molecule has 0 saturated carbocycles. The van der Waals surface area contributed by atoms with E-state index >= 15 is 0 Å². The maximum atomic E-state index is 12.0. The van der Waals surface area contributed by atoms with Gasteiger partial charge >= 0.3 is 0 Å². The molecule has 1 aromatic carbocycles. The summed E-state index contributed by atoms with van der Waals surface area (Å²) < 4.78 is 0. The molecule has 16 heavy (non-hydrogen) atoms. The third kappa shape index (κ3) is 3.83. The van der Waals surface area contributed by atoms with Gasteiger partial charge in [0.05, 0.1) is 0 Å². The van der Waals surface area contributed by atoms with Crippen molar-refractivity contribution in [3.05, 3.63) is 29.8 Å². The van der Waals surface area contributed by atoms with Crippen LogP contribution in [0, 0.1) is 0 Å². The van der Waals surface area contributed by atoms with Crippen molar-refractivity contribution in [1.82, 2.24) is 4.90 Å². The Hall–Kier alpha value is -0.480. The zero-order chi connectivity index (χ0) is 12.0. The molecule has 0 aliphatic rings. The fourth-order valence-electron chi connectivity index (χ4n) is 1.35. The number of alkyl halides is 1. The average Bonchev–Trinajstić information content (AvgIpc) is 2.35. The van der Waals surface area contributed by atoms with Gasteiger partial charge in [-0.25, -0.2) is 0 Å². The maximum absolute atomic E-state index is 12.0. The van der Waals surface area contributed by atoms with Gasteiger partial charge in [-0.05, 0) is 36.9 Å². The van der Waals surface area contributed by atoms with Crippen LogP contribution in [0.2, 0.25) is 0 Å². The standard InChI is InChI=1S/C12H16BrNOS/c1-14(9-3-8-13)12(15)10-4-6-11(16-2)7-5-10/h4-7H,3,8-9H2,1-2H3. The number of amides is 1. The number of thioether (sulfide) groups is 1. The predicted octanol–water partition coefficient (Wildman–Crippen LogP) is 3.27. The molecule has 0 bridgehead atoms. The average molecular weight is 302 g/mol. The van der Waals surface area contributed by atoms with Crippen molar-refractivity contribution in [3.8, 4) is 0 Å². The van der Waals surface area contributed by atoms with Crippen molar-refractivity contribution in [2.24, 2.45) is 0 Å². The number of rotatable bonds is 5. The van der Waals surface area contributed by atoms with E-state index in [1.165, 1.54) is 4.90 Å². The molecular weight excluding hydrogens is 286 g/mol. The molecule has 0 saturated heterocycles. The van der Waals surface area contributed by atoms with Gasteiger partial charge in [-0.1, -0.05) is 15.9 Å². The van der Waals surface area contributed by atoms with E-state index in [-0.39, 0.29) is 5.91 Å². The van der Waals surface area contributed by atoms with Gasteiger partial charge in [-0.15, -0.1) is 11.8 Å². The van der Waals surface area contributed by atoms with E-state index in [0.29, 0.717) is 0 Å². The van der Waals surface area contributed by atoms with E-state index < -0.39 is 0 Å². The van der Waals surface area contributed by atoms with Crippen molar-refractivity contribution in [2.45, 2.75) is 11.3 Å². The number of carbonyl (C=O) groups excluding carboxylic acids is 1. The SMILES string of the molecule is CSc1ccc(C(=O)N(C)CCCBr)cc1. The molecule has 0 unspecified atom stereocenters. The highest BCUT2D eigenvalue weighted by atomic mass is 79.9. The third-order valence-electron chi connectivity index (χ3n) is 2.31. The molecule has 2 nitrogen and oxygen atoms in total. The molecule has 0 aliphatic carbocycles. The van der Waals surface area contributed by atoms with Gasteiger partial charge in [0.2, 0.25) is 0 Å². The molecule has 0 fully saturated rings. The van der Waals surface area contributed by atoms with E-state index in [9.17, 15) is 4.79 Å². The Balaban J connectivity index is 2.64. The number of hydrogen-bond acceptors (Lipinski definition) is 2. The minimum atomic E-state index is 0.0913. The first-order valence-electron chi connectivity index (χ1n) is 5.14. The maximum Gasteiger partial charge on any atom is 0.253 e. The summed E-state index contributed by atoms with van der Waals surface area (Å²) in [5.74, 6) is 0.0913. The van der Waals surface area contributed by atoms with E-state index in [1.54, 1.807) is 16.7 Å². The minimum absolute atomic E-state index is 0.0913. The summed E-state index contributed by atoms with van der Waals surface area (Å²) in [5.41, 5.74) is 0.759. The summed E-state index contributed by atoms with van der Waals surface area (Å²) in [4.78, 5) is 14.9. The largest absolute Gasteiger partial charge is 0.342 e. The quantitative estimate of drug-likeness (QED) is 0.614. The highest BCUT2D eigenvalue weighted by Gasteiger charge is 2.10. The normalized spacial score (nSPS) is 10.2. The molecule has 1 amide bonds. The topological polar surface area (TPSA) is 20.3 Å². The number of halogens is 1. The van der Waals surface area contributed by atoms with Crippen LogP contribution in [0.5, 0.6) is 0 Å². The molecule has 1 aromatic rings. The zero-order valence-electron chi connectivity index (χ0n) is 9.57. The first-order valence-corrected chi connectivity index (χ1v) is 7.49. The van der Waals surface area contributed by atoms with Gasteiger partial charge in [0.1, 0.15) is 0 Å². The second-order valence-corrected chi connectivity index (χ2v) is 5.17. The third-order valence-corrected chi connectivity index (χ3v) is 3.62. The van der Waals surface area contributed by atoms with Gasteiger partial charge in [0, 0.05) is 29.4 Å². The summed E-state index contributed by atoms with van der Waals surface area (Å²) >= 11 is 5.04. The monoisotopic (exact) mass is 301 g/mol. The molecule has 0 atom stereocenters. The van der Waals surface area contributed by atoms with Gasteiger partial charge in [-0.3, -0.25) is 4.79 Å². The molecular formula is C12H16BrNOS. The first-order chi connectivity index (χ1) is 7.69. The number of hydrogen-bond donors (Lipinski definition) is 0. The summed E-state index contributed by atoms with van der Waals surface area (Å²) in [5, 5.41) is 0.927. The van der Waals surface area contributed by atoms with Crippen molar-refractivity contribution in [3.63, 3.8) is 0 Å². The summed E-state index contributed by atoms with van der Waals surface area (Å²) in [6.45, 7) is 0.786. The summed E-state index contributed by atoms with van der Waals surface area (Å²) in [6, 6.07) is 7.74. The molecule has 0 N–H and O–H groups in total. The molecule has 1 rings (SSSR count). The fourth-order valence-corrected chi connectivity index (χ4v) is 2.01. The Bertz CT molecular complexity index is 339. The highest BCUT2D eigenvalue weighted by molar-refractivity contribution is 9.09. The highest BCUT2D eigenvalue weighted by Crippen LogP contribution is 2.15. The smallest absolute Gasteiger partial charge is 0.253 e. The van der Waals surface area contributed by atoms with Crippen LogP contribution in [0.15, 0.2) is 29.2 Å². The van der Waals surface area contributed by atoms with Crippen LogP contribution in [-0.4, -0.2) is 36.0 Å².